The SMILES string of the molecule is CCOC(=O)CC1C(=O)NCCN1c1nc2c(C)cccn2c(=O)c1/C=C1/SC(=S)N(CC)C1=O. The molecule has 0 aliphatic carbocycles. The van der Waals surface area contributed by atoms with Crippen molar-refractivity contribution < 1.29 is 19.1 Å². The lowest BCUT2D eigenvalue weighted by Crippen LogP contribution is -2.57. The summed E-state index contributed by atoms with van der Waals surface area (Å²) < 4.78 is 6.89. The molecule has 4 rings (SSSR count). The van der Waals surface area contributed by atoms with Crippen molar-refractivity contribution in [2.45, 2.75) is 33.2 Å². The molecule has 1 atom stereocenters. The number of thiocarbonyl (C=S) groups is 1. The highest BCUT2D eigenvalue weighted by atomic mass is 32.2. The zero-order chi connectivity index (χ0) is 25.3. The number of esters is 1. The number of ether oxygens (including phenoxy) is 1. The van der Waals surface area contributed by atoms with E-state index in [1.807, 2.05) is 19.9 Å². The minimum atomic E-state index is -0.918. The monoisotopic (exact) mass is 515 g/mol. The van der Waals surface area contributed by atoms with E-state index >= 15 is 0 Å². The highest BCUT2D eigenvalue weighted by molar-refractivity contribution is 8.26. The van der Waals surface area contributed by atoms with Gasteiger partial charge in [0.2, 0.25) is 5.91 Å². The predicted molar refractivity (Wildman–Crippen MR) is 137 cm³/mol. The zero-order valence-electron chi connectivity index (χ0n) is 19.6. The van der Waals surface area contributed by atoms with Crippen molar-refractivity contribution in [1.82, 2.24) is 19.6 Å². The van der Waals surface area contributed by atoms with E-state index in [1.165, 1.54) is 15.4 Å². The van der Waals surface area contributed by atoms with Crippen molar-refractivity contribution in [2.24, 2.45) is 0 Å². The van der Waals surface area contributed by atoms with Gasteiger partial charge in [-0.15, -0.1) is 0 Å². The third kappa shape index (κ3) is 4.67. The molecule has 1 unspecified atom stereocenters. The lowest BCUT2D eigenvalue weighted by Gasteiger charge is -2.36. The maximum Gasteiger partial charge on any atom is 0.308 e. The minimum Gasteiger partial charge on any atom is -0.466 e. The van der Waals surface area contributed by atoms with Crippen molar-refractivity contribution in [2.75, 3.05) is 31.1 Å². The van der Waals surface area contributed by atoms with Crippen molar-refractivity contribution in [3.05, 3.63) is 44.7 Å². The molecule has 10 nitrogen and oxygen atoms in total. The fourth-order valence-electron chi connectivity index (χ4n) is 4.10. The Labute approximate surface area is 211 Å². The van der Waals surface area contributed by atoms with Crippen LogP contribution in [0.25, 0.3) is 11.7 Å². The summed E-state index contributed by atoms with van der Waals surface area (Å²) in [5.74, 6) is -0.949. The second kappa shape index (κ2) is 10.2. The fourth-order valence-corrected chi connectivity index (χ4v) is 5.46. The maximum atomic E-state index is 13.7. The molecule has 2 saturated heterocycles. The van der Waals surface area contributed by atoms with E-state index in [0.717, 1.165) is 17.3 Å². The zero-order valence-corrected chi connectivity index (χ0v) is 21.2. The third-order valence-electron chi connectivity index (χ3n) is 5.80. The third-order valence-corrected chi connectivity index (χ3v) is 7.18. The lowest BCUT2D eigenvalue weighted by molar-refractivity contribution is -0.145. The molecule has 0 spiro atoms. The number of pyridine rings is 1. The van der Waals surface area contributed by atoms with Gasteiger partial charge in [0, 0.05) is 25.8 Å². The van der Waals surface area contributed by atoms with Crippen LogP contribution in [0.4, 0.5) is 5.82 Å². The molecule has 184 valence electrons. The van der Waals surface area contributed by atoms with Gasteiger partial charge >= 0.3 is 5.97 Å². The number of rotatable bonds is 6. The summed E-state index contributed by atoms with van der Waals surface area (Å²) in [6.07, 6.45) is 2.89. The molecular weight excluding hydrogens is 490 g/mol. The van der Waals surface area contributed by atoms with Gasteiger partial charge in [0.15, 0.2) is 0 Å². The molecule has 0 bridgehead atoms. The van der Waals surface area contributed by atoms with Crippen molar-refractivity contribution in [3.8, 4) is 0 Å². The molecule has 2 aromatic rings. The summed E-state index contributed by atoms with van der Waals surface area (Å²) in [6.45, 7) is 6.57. The van der Waals surface area contributed by atoms with Crippen molar-refractivity contribution >= 4 is 63.6 Å². The number of likely N-dealkylation sites (N-methyl/N-ethyl adjacent to an activating group) is 1. The van der Waals surface area contributed by atoms with Gasteiger partial charge in [-0.05, 0) is 38.5 Å². The number of aryl methyl sites for hydroxylation is 1. The average Bonchev–Trinajstić information content (AvgIpc) is 3.09. The molecule has 2 aliphatic rings. The standard InChI is InChI=1S/C23H25N5O5S2/c1-4-26-22(32)16(35-23(26)34)11-14-19(25-18-13(3)7-6-9-28(18)21(14)31)27-10-8-24-20(30)15(27)12-17(29)33-5-2/h6-7,9,11,15H,4-5,8,10,12H2,1-3H3,(H,24,30)/b16-11+. The largest absolute Gasteiger partial charge is 0.466 e. The fraction of sp³-hybridized carbons (Fsp3) is 0.391. The summed E-state index contributed by atoms with van der Waals surface area (Å²) in [4.78, 5) is 59.8. The number of thioether (sulfide) groups is 1. The summed E-state index contributed by atoms with van der Waals surface area (Å²) in [5.41, 5.74) is 0.939. The quantitative estimate of drug-likeness (QED) is 0.347. The smallest absolute Gasteiger partial charge is 0.308 e. The topological polar surface area (TPSA) is 113 Å². The number of amides is 2. The summed E-state index contributed by atoms with van der Waals surface area (Å²) in [7, 11) is 0. The first-order valence-electron chi connectivity index (χ1n) is 11.2. The van der Waals surface area contributed by atoms with Gasteiger partial charge in [-0.3, -0.25) is 28.5 Å². The van der Waals surface area contributed by atoms with E-state index in [4.69, 9.17) is 21.9 Å². The van der Waals surface area contributed by atoms with E-state index in [9.17, 15) is 19.2 Å². The number of aromatic nitrogens is 2. The minimum absolute atomic E-state index is 0.147. The van der Waals surface area contributed by atoms with Crippen LogP contribution >= 0.6 is 24.0 Å². The first-order chi connectivity index (χ1) is 16.8. The molecular formula is C23H25N5O5S2. The number of piperazine rings is 1. The van der Waals surface area contributed by atoms with Gasteiger partial charge in [0.05, 0.1) is 23.5 Å². The Morgan fingerprint density at radius 1 is 1.34 bits per heavy atom. The Morgan fingerprint density at radius 3 is 2.80 bits per heavy atom. The highest BCUT2D eigenvalue weighted by Crippen LogP contribution is 2.34. The van der Waals surface area contributed by atoms with Gasteiger partial charge in [-0.2, -0.15) is 0 Å². The second-order valence-corrected chi connectivity index (χ2v) is 9.65. The molecule has 2 aromatic heterocycles. The van der Waals surface area contributed by atoms with Gasteiger partial charge in [-0.1, -0.05) is 30.0 Å². The number of fused-ring (bicyclic) bond motifs is 1. The van der Waals surface area contributed by atoms with Crippen LogP contribution in [-0.4, -0.2) is 68.7 Å². The van der Waals surface area contributed by atoms with Crippen LogP contribution in [0.15, 0.2) is 28.0 Å². The Hall–Kier alpha value is -3.25. The maximum absolute atomic E-state index is 13.7. The van der Waals surface area contributed by atoms with Crippen LogP contribution in [0.1, 0.15) is 31.4 Å². The van der Waals surface area contributed by atoms with Crippen molar-refractivity contribution in [1.29, 1.82) is 0 Å². The number of carbonyl (C=O) groups is 3. The number of carbonyl (C=O) groups excluding carboxylic acids is 3. The van der Waals surface area contributed by atoms with Crippen LogP contribution in [0.3, 0.4) is 0 Å². The van der Waals surface area contributed by atoms with Crippen LogP contribution in [-0.2, 0) is 19.1 Å². The Kier molecular flexibility index (Phi) is 7.22. The molecule has 4 heterocycles. The van der Waals surface area contributed by atoms with Gasteiger partial charge in [-0.25, -0.2) is 4.98 Å². The molecule has 0 radical (unpaired) electrons. The molecule has 35 heavy (non-hydrogen) atoms. The predicted octanol–water partition coefficient (Wildman–Crippen LogP) is 1.48. The first kappa shape index (κ1) is 24.9. The van der Waals surface area contributed by atoms with Crippen molar-refractivity contribution in [3.63, 3.8) is 0 Å². The van der Waals surface area contributed by atoms with E-state index in [2.05, 4.69) is 5.32 Å². The Bertz CT molecular complexity index is 1320. The number of anilines is 1. The normalized spacial score (nSPS) is 19.6. The highest BCUT2D eigenvalue weighted by Gasteiger charge is 2.36. The molecule has 2 amide bonds. The molecule has 0 aromatic carbocycles. The summed E-state index contributed by atoms with van der Waals surface area (Å²) in [6, 6.07) is 2.65. The molecule has 0 saturated carbocycles. The molecule has 1 N–H and O–H groups in total. The number of hydrogen-bond donors (Lipinski definition) is 1. The van der Waals surface area contributed by atoms with Crippen LogP contribution in [0.2, 0.25) is 0 Å². The molecule has 12 heteroatoms. The second-order valence-electron chi connectivity index (χ2n) is 7.97. The van der Waals surface area contributed by atoms with E-state index in [0.29, 0.717) is 34.5 Å². The van der Waals surface area contributed by atoms with E-state index in [1.54, 1.807) is 24.1 Å². The van der Waals surface area contributed by atoms with Gasteiger partial charge in [0.1, 0.15) is 21.8 Å². The van der Waals surface area contributed by atoms with Crippen LogP contribution in [0, 0.1) is 6.92 Å². The summed E-state index contributed by atoms with van der Waals surface area (Å²) in [5, 5.41) is 2.76. The molecule has 2 aliphatic heterocycles. The Balaban J connectivity index is 1.91. The number of nitrogens with zero attached hydrogens (tertiary/aromatic N) is 4. The number of hydrogen-bond acceptors (Lipinski definition) is 9. The van der Waals surface area contributed by atoms with E-state index in [-0.39, 0.29) is 36.2 Å². The Morgan fingerprint density at radius 2 is 2.11 bits per heavy atom. The first-order valence-corrected chi connectivity index (χ1v) is 12.5. The number of nitrogens with one attached hydrogen (secondary N) is 1. The van der Waals surface area contributed by atoms with Gasteiger partial charge < -0.3 is 15.0 Å². The van der Waals surface area contributed by atoms with Gasteiger partial charge in [0.25, 0.3) is 11.5 Å². The van der Waals surface area contributed by atoms with Crippen LogP contribution in [0.5, 0.6) is 0 Å². The average molecular weight is 516 g/mol. The molecule has 2 fully saturated rings. The lowest BCUT2D eigenvalue weighted by atomic mass is 10.1. The summed E-state index contributed by atoms with van der Waals surface area (Å²) >= 11 is 6.43. The van der Waals surface area contributed by atoms with E-state index < -0.39 is 17.6 Å². The van der Waals surface area contributed by atoms with Crippen LogP contribution < -0.4 is 15.8 Å².